The minimum absolute atomic E-state index is 0.115. The molecule has 3 aromatic rings. The van der Waals surface area contributed by atoms with Crippen LogP contribution >= 0.6 is 11.6 Å². The summed E-state index contributed by atoms with van der Waals surface area (Å²) in [7, 11) is 0. The molecule has 3 amide bonds. The smallest absolute Gasteiger partial charge is 0.329 e. The zero-order valence-corrected chi connectivity index (χ0v) is 23.5. The Labute approximate surface area is 241 Å². The van der Waals surface area contributed by atoms with E-state index in [2.05, 4.69) is 21.2 Å². The molecule has 1 aliphatic heterocycles. The predicted molar refractivity (Wildman–Crippen MR) is 153 cm³/mol. The van der Waals surface area contributed by atoms with Crippen LogP contribution in [0.1, 0.15) is 29.2 Å². The number of anilines is 1. The van der Waals surface area contributed by atoms with Crippen molar-refractivity contribution in [1.29, 1.82) is 0 Å². The number of nitrogens with one attached hydrogen (secondary N) is 3. The van der Waals surface area contributed by atoms with Crippen molar-refractivity contribution >= 4 is 41.2 Å². The first-order valence-corrected chi connectivity index (χ1v) is 13.1. The summed E-state index contributed by atoms with van der Waals surface area (Å²) in [5, 5.41) is 9.33. The van der Waals surface area contributed by atoms with E-state index in [1.165, 1.54) is 12.3 Å². The number of rotatable bonds is 10. The molecule has 0 radical (unpaired) electrons. The maximum absolute atomic E-state index is 12.5. The molecule has 0 fully saturated rings. The Morgan fingerprint density at radius 3 is 2.59 bits per heavy atom. The van der Waals surface area contributed by atoms with Crippen molar-refractivity contribution in [2.75, 3.05) is 25.3 Å². The van der Waals surface area contributed by atoms with Crippen molar-refractivity contribution < 1.29 is 33.3 Å². The zero-order chi connectivity index (χ0) is 29.4. The summed E-state index contributed by atoms with van der Waals surface area (Å²) in [6, 6.07) is 14.0. The van der Waals surface area contributed by atoms with Gasteiger partial charge in [0.1, 0.15) is 0 Å². The van der Waals surface area contributed by atoms with E-state index >= 15 is 0 Å². The van der Waals surface area contributed by atoms with Crippen molar-refractivity contribution in [2.45, 2.75) is 27.3 Å². The van der Waals surface area contributed by atoms with Gasteiger partial charge in [-0.05, 0) is 67.8 Å². The molecule has 0 bridgehead atoms. The fourth-order valence-corrected chi connectivity index (χ4v) is 4.15. The Kier molecular flexibility index (Phi) is 9.64. The molecule has 1 heterocycles. The first-order chi connectivity index (χ1) is 19.7. The van der Waals surface area contributed by atoms with Gasteiger partial charge in [-0.2, -0.15) is 5.10 Å². The third-order valence-electron chi connectivity index (χ3n) is 5.81. The van der Waals surface area contributed by atoms with Crippen molar-refractivity contribution in [3.8, 4) is 23.0 Å². The van der Waals surface area contributed by atoms with Crippen LogP contribution in [0.25, 0.3) is 0 Å². The molecule has 0 spiro atoms. The van der Waals surface area contributed by atoms with Crippen LogP contribution in [-0.4, -0.2) is 43.9 Å². The average molecular weight is 581 g/mol. The van der Waals surface area contributed by atoms with Gasteiger partial charge in [0.05, 0.1) is 17.8 Å². The van der Waals surface area contributed by atoms with Crippen molar-refractivity contribution in [3.05, 3.63) is 75.8 Å². The number of hydrogen-bond donors (Lipinski definition) is 3. The van der Waals surface area contributed by atoms with E-state index in [-0.39, 0.29) is 42.4 Å². The number of carbonyl (C=O) groups excluding carboxylic acids is 3. The van der Waals surface area contributed by atoms with Crippen LogP contribution < -0.4 is 35.0 Å². The topological polar surface area (TPSA) is 137 Å². The van der Waals surface area contributed by atoms with Crippen molar-refractivity contribution in [3.63, 3.8) is 0 Å². The summed E-state index contributed by atoms with van der Waals surface area (Å²) >= 11 is 6.42. The molecule has 0 atom stereocenters. The number of benzene rings is 3. The first kappa shape index (κ1) is 29.2. The number of halogens is 1. The van der Waals surface area contributed by atoms with Gasteiger partial charge in [-0.1, -0.05) is 35.4 Å². The van der Waals surface area contributed by atoms with Gasteiger partial charge in [0.25, 0.3) is 5.91 Å². The molecule has 1 aliphatic rings. The van der Waals surface area contributed by atoms with Gasteiger partial charge in [0, 0.05) is 12.2 Å². The van der Waals surface area contributed by atoms with Crippen LogP contribution in [0.2, 0.25) is 5.02 Å². The lowest BCUT2D eigenvalue weighted by atomic mass is 10.1. The second-order valence-electron chi connectivity index (χ2n) is 8.99. The SMILES string of the molecule is CCOc1cc(/C=N\NC(=O)C(=O)NCc2ccc3c(c2)OCO3)cc(Cl)c1OCC(=O)Nc1ccc(C)cc1C. The number of carbonyl (C=O) groups is 3. The average Bonchev–Trinajstić information content (AvgIpc) is 3.41. The number of aryl methyl sites for hydroxylation is 2. The summed E-state index contributed by atoms with van der Waals surface area (Å²) in [5.41, 5.74) is 6.09. The van der Waals surface area contributed by atoms with E-state index in [0.717, 1.165) is 16.7 Å². The Balaban J connectivity index is 1.31. The Morgan fingerprint density at radius 2 is 1.80 bits per heavy atom. The normalized spacial score (nSPS) is 11.7. The molecule has 0 saturated heterocycles. The number of ether oxygens (including phenoxy) is 4. The maximum atomic E-state index is 12.5. The van der Waals surface area contributed by atoms with Gasteiger partial charge >= 0.3 is 11.8 Å². The Morgan fingerprint density at radius 1 is 1.00 bits per heavy atom. The van der Waals surface area contributed by atoms with Gasteiger partial charge in [0.2, 0.25) is 6.79 Å². The molecule has 41 heavy (non-hydrogen) atoms. The second kappa shape index (κ2) is 13.5. The van der Waals surface area contributed by atoms with Crippen LogP contribution in [0.15, 0.2) is 53.6 Å². The molecule has 4 rings (SSSR count). The third kappa shape index (κ3) is 7.89. The molecular weight excluding hydrogens is 552 g/mol. The highest BCUT2D eigenvalue weighted by Gasteiger charge is 2.17. The van der Waals surface area contributed by atoms with Gasteiger partial charge < -0.3 is 29.6 Å². The molecule has 0 unspecified atom stereocenters. The fraction of sp³-hybridized carbons (Fsp3) is 0.241. The summed E-state index contributed by atoms with van der Waals surface area (Å²) < 4.78 is 21.9. The highest BCUT2D eigenvalue weighted by atomic mass is 35.5. The van der Waals surface area contributed by atoms with Gasteiger partial charge in [0.15, 0.2) is 29.6 Å². The van der Waals surface area contributed by atoms with Crippen LogP contribution in [0.5, 0.6) is 23.0 Å². The lowest BCUT2D eigenvalue weighted by Crippen LogP contribution is -2.37. The monoisotopic (exact) mass is 580 g/mol. The van der Waals surface area contributed by atoms with Gasteiger partial charge in [-0.25, -0.2) is 5.43 Å². The zero-order valence-electron chi connectivity index (χ0n) is 22.7. The minimum atomic E-state index is -0.951. The van der Waals surface area contributed by atoms with E-state index in [1.807, 2.05) is 32.0 Å². The molecule has 0 aromatic heterocycles. The maximum Gasteiger partial charge on any atom is 0.329 e. The van der Waals surface area contributed by atoms with Gasteiger partial charge in [-0.3, -0.25) is 14.4 Å². The summed E-state index contributed by atoms with van der Waals surface area (Å²) in [6.07, 6.45) is 1.30. The molecule has 3 N–H and O–H groups in total. The minimum Gasteiger partial charge on any atom is -0.490 e. The number of fused-ring (bicyclic) bond motifs is 1. The molecule has 11 nitrogen and oxygen atoms in total. The van der Waals surface area contributed by atoms with E-state index in [0.29, 0.717) is 29.4 Å². The second-order valence-corrected chi connectivity index (χ2v) is 9.39. The van der Waals surface area contributed by atoms with Crippen molar-refractivity contribution in [2.24, 2.45) is 5.10 Å². The highest BCUT2D eigenvalue weighted by Crippen LogP contribution is 2.36. The first-order valence-electron chi connectivity index (χ1n) is 12.7. The fourth-order valence-electron chi connectivity index (χ4n) is 3.87. The Hall–Kier alpha value is -4.77. The molecule has 0 saturated carbocycles. The quantitative estimate of drug-likeness (QED) is 0.188. The van der Waals surface area contributed by atoms with Gasteiger partial charge in [-0.15, -0.1) is 0 Å². The lowest BCUT2D eigenvalue weighted by molar-refractivity contribution is -0.139. The Bertz CT molecular complexity index is 1490. The van der Waals surface area contributed by atoms with E-state index < -0.39 is 11.8 Å². The van der Waals surface area contributed by atoms with Crippen LogP contribution in [0, 0.1) is 13.8 Å². The number of nitrogens with zero attached hydrogens (tertiary/aromatic N) is 1. The summed E-state index contributed by atoms with van der Waals surface area (Å²) in [5.74, 6) is -0.503. The molecular formula is C29H29ClN4O7. The number of amides is 3. The molecule has 3 aromatic carbocycles. The standard InChI is InChI=1S/C29H29ClN4O7/c1-4-38-25-12-20(10-21(30)27(25)39-15-26(35)33-22-7-5-17(2)9-18(22)3)14-32-34-29(37)28(36)31-13-19-6-8-23-24(11-19)41-16-40-23/h5-12,14H,4,13,15-16H2,1-3H3,(H,31,36)(H,33,35)(H,34,37)/b32-14-. The number of hydrogen-bond acceptors (Lipinski definition) is 8. The van der Waals surface area contributed by atoms with E-state index in [1.54, 1.807) is 31.2 Å². The summed E-state index contributed by atoms with van der Waals surface area (Å²) in [4.78, 5) is 36.8. The molecule has 12 heteroatoms. The lowest BCUT2D eigenvalue weighted by Gasteiger charge is -2.15. The highest BCUT2D eigenvalue weighted by molar-refractivity contribution is 6.35. The number of hydrazone groups is 1. The van der Waals surface area contributed by atoms with E-state index in [9.17, 15) is 14.4 Å². The third-order valence-corrected chi connectivity index (χ3v) is 6.09. The largest absolute Gasteiger partial charge is 0.490 e. The van der Waals surface area contributed by atoms with Crippen LogP contribution in [-0.2, 0) is 20.9 Å². The van der Waals surface area contributed by atoms with Crippen LogP contribution in [0.3, 0.4) is 0 Å². The summed E-state index contributed by atoms with van der Waals surface area (Å²) in [6.45, 7) is 5.94. The van der Waals surface area contributed by atoms with Crippen molar-refractivity contribution in [1.82, 2.24) is 10.7 Å². The molecule has 0 aliphatic carbocycles. The molecule has 214 valence electrons. The van der Waals surface area contributed by atoms with Crippen LogP contribution in [0.4, 0.5) is 5.69 Å². The van der Waals surface area contributed by atoms with E-state index in [4.69, 9.17) is 30.5 Å². The predicted octanol–water partition coefficient (Wildman–Crippen LogP) is 3.87.